The van der Waals surface area contributed by atoms with Crippen LogP contribution in [0.4, 0.5) is 5.69 Å². The summed E-state index contributed by atoms with van der Waals surface area (Å²) in [6.07, 6.45) is 4.10. The Morgan fingerprint density at radius 1 is 1.19 bits per heavy atom. The smallest absolute Gasteiger partial charge is 0.227 e. The van der Waals surface area contributed by atoms with Crippen LogP contribution in [0.3, 0.4) is 0 Å². The van der Waals surface area contributed by atoms with Crippen molar-refractivity contribution in [3.63, 3.8) is 0 Å². The van der Waals surface area contributed by atoms with Gasteiger partial charge in [0.1, 0.15) is 5.75 Å². The van der Waals surface area contributed by atoms with E-state index in [4.69, 9.17) is 10.5 Å². The van der Waals surface area contributed by atoms with Crippen molar-refractivity contribution in [1.82, 2.24) is 24.8 Å². The molecule has 0 saturated carbocycles. The van der Waals surface area contributed by atoms with Crippen molar-refractivity contribution in [3.8, 4) is 5.75 Å². The Balaban J connectivity index is 1.17. The average Bonchev–Trinajstić information content (AvgIpc) is 3.31. The van der Waals surface area contributed by atoms with E-state index in [2.05, 4.69) is 31.1 Å². The maximum Gasteiger partial charge on any atom is 0.227 e. The molecule has 9 nitrogen and oxygen atoms in total. The maximum absolute atomic E-state index is 13.4. The van der Waals surface area contributed by atoms with E-state index >= 15 is 0 Å². The van der Waals surface area contributed by atoms with Crippen molar-refractivity contribution in [3.05, 3.63) is 36.2 Å². The first kappa shape index (κ1) is 21.2. The number of carbonyl (C=O) groups is 1. The number of hydrogen-bond donors (Lipinski definition) is 1. The van der Waals surface area contributed by atoms with Gasteiger partial charge in [0.25, 0.3) is 0 Å². The van der Waals surface area contributed by atoms with Crippen LogP contribution in [0.25, 0.3) is 0 Å². The van der Waals surface area contributed by atoms with Crippen LogP contribution in [-0.2, 0) is 17.9 Å². The summed E-state index contributed by atoms with van der Waals surface area (Å²) in [4.78, 5) is 20.3. The van der Waals surface area contributed by atoms with Crippen molar-refractivity contribution >= 4 is 11.6 Å². The van der Waals surface area contributed by atoms with Crippen LogP contribution >= 0.6 is 0 Å². The third-order valence-electron chi connectivity index (χ3n) is 7.41. The van der Waals surface area contributed by atoms with E-state index in [1.807, 2.05) is 29.1 Å². The minimum atomic E-state index is 0.119. The first-order valence-electron chi connectivity index (χ1n) is 11.7. The molecule has 4 aliphatic heterocycles. The highest BCUT2D eigenvalue weighted by Gasteiger charge is 2.44. The summed E-state index contributed by atoms with van der Waals surface area (Å²) in [5, 5.41) is 8.31. The van der Waals surface area contributed by atoms with Gasteiger partial charge >= 0.3 is 0 Å². The Morgan fingerprint density at radius 3 is 2.69 bits per heavy atom. The molecule has 0 aliphatic carbocycles. The molecule has 1 unspecified atom stereocenters. The molecule has 2 N–H and O–H groups in total. The topological polar surface area (TPSA) is 92.8 Å². The molecule has 0 spiro atoms. The van der Waals surface area contributed by atoms with Crippen LogP contribution in [0.2, 0.25) is 0 Å². The molecule has 4 saturated heterocycles. The highest BCUT2D eigenvalue weighted by atomic mass is 16.5. The lowest BCUT2D eigenvalue weighted by molar-refractivity contribution is -0.144. The number of hydrogen-bond acceptors (Lipinski definition) is 7. The molecule has 5 heterocycles. The molecule has 1 aromatic carbocycles. The molecule has 9 heteroatoms. The SMILES string of the molecule is COc1ccccc1N1CCN(C(=O)[C@@H]2CN3CC[C@H]2C[C@@H]3Cn2cc(CN)nn2)CC1. The lowest BCUT2D eigenvalue weighted by Crippen LogP contribution is -2.60. The fourth-order valence-electron chi connectivity index (χ4n) is 5.64. The third kappa shape index (κ3) is 4.06. The lowest BCUT2D eigenvalue weighted by Gasteiger charge is -2.50. The number of para-hydroxylation sites is 2. The first-order valence-corrected chi connectivity index (χ1v) is 11.7. The summed E-state index contributed by atoms with van der Waals surface area (Å²) < 4.78 is 7.42. The van der Waals surface area contributed by atoms with Gasteiger partial charge in [-0.05, 0) is 37.4 Å². The number of ether oxygens (including phenoxy) is 1. The van der Waals surface area contributed by atoms with Crippen LogP contribution in [-0.4, -0.2) is 83.1 Å². The van der Waals surface area contributed by atoms with E-state index in [1.54, 1.807) is 7.11 Å². The first-order chi connectivity index (χ1) is 15.7. The van der Waals surface area contributed by atoms with Crippen LogP contribution in [0, 0.1) is 11.8 Å². The quantitative estimate of drug-likeness (QED) is 0.712. The lowest BCUT2D eigenvalue weighted by atomic mass is 9.75. The standard InChI is InChI=1S/C23H33N7O2/c1-32-22-5-3-2-4-21(22)27-8-10-28(11-9-27)23(31)20-16-29-7-6-17(20)12-19(29)15-30-14-18(13-24)25-26-30/h2-5,14,17,19-20H,6-13,15-16,24H2,1H3/t17-,19+,20+/m0/s1. The summed E-state index contributed by atoms with van der Waals surface area (Å²) in [5.74, 6) is 1.81. The Bertz CT molecular complexity index is 940. The zero-order valence-electron chi connectivity index (χ0n) is 18.8. The van der Waals surface area contributed by atoms with E-state index in [-0.39, 0.29) is 5.92 Å². The number of methoxy groups -OCH3 is 1. The molecule has 4 aliphatic rings. The number of nitrogens with zero attached hydrogens (tertiary/aromatic N) is 6. The summed E-state index contributed by atoms with van der Waals surface area (Å²) in [7, 11) is 1.71. The van der Waals surface area contributed by atoms with Crippen LogP contribution in [0.1, 0.15) is 18.5 Å². The van der Waals surface area contributed by atoms with Crippen LogP contribution in [0.5, 0.6) is 5.75 Å². The zero-order chi connectivity index (χ0) is 22.1. The number of fused-ring (bicyclic) bond motifs is 3. The zero-order valence-corrected chi connectivity index (χ0v) is 18.8. The highest BCUT2D eigenvalue weighted by molar-refractivity contribution is 5.80. The number of rotatable bonds is 6. The molecular weight excluding hydrogens is 406 g/mol. The van der Waals surface area contributed by atoms with E-state index in [0.717, 1.165) is 75.8 Å². The Kier molecular flexibility index (Phi) is 6.01. The van der Waals surface area contributed by atoms with Gasteiger partial charge < -0.3 is 20.3 Å². The summed E-state index contributed by atoms with van der Waals surface area (Å²) in [6.45, 7) is 6.38. The maximum atomic E-state index is 13.4. The number of piperidine rings is 3. The second kappa shape index (κ2) is 9.07. The Labute approximate surface area is 189 Å². The Hall–Kier alpha value is -2.65. The minimum absolute atomic E-state index is 0.119. The number of benzene rings is 1. The van der Waals surface area contributed by atoms with Gasteiger partial charge in [0, 0.05) is 51.5 Å². The van der Waals surface area contributed by atoms with Crippen molar-refractivity contribution in [2.75, 3.05) is 51.3 Å². The molecule has 1 amide bonds. The highest BCUT2D eigenvalue weighted by Crippen LogP contribution is 2.38. The number of carbonyl (C=O) groups excluding carboxylic acids is 1. The van der Waals surface area contributed by atoms with Gasteiger partial charge in [0.15, 0.2) is 0 Å². The molecule has 4 fully saturated rings. The molecule has 32 heavy (non-hydrogen) atoms. The number of anilines is 1. The molecule has 0 radical (unpaired) electrons. The van der Waals surface area contributed by atoms with Gasteiger partial charge in [-0.25, -0.2) is 0 Å². The van der Waals surface area contributed by atoms with Crippen molar-refractivity contribution < 1.29 is 9.53 Å². The van der Waals surface area contributed by atoms with Gasteiger partial charge in [0.2, 0.25) is 5.91 Å². The third-order valence-corrected chi connectivity index (χ3v) is 7.41. The monoisotopic (exact) mass is 439 g/mol. The van der Waals surface area contributed by atoms with E-state index in [0.29, 0.717) is 24.4 Å². The predicted molar refractivity (Wildman–Crippen MR) is 121 cm³/mol. The molecule has 1 aromatic heterocycles. The fraction of sp³-hybridized carbons (Fsp3) is 0.609. The number of amides is 1. The van der Waals surface area contributed by atoms with Crippen molar-refractivity contribution in [1.29, 1.82) is 0 Å². The van der Waals surface area contributed by atoms with Gasteiger partial charge in [-0.2, -0.15) is 0 Å². The average molecular weight is 440 g/mol. The molecule has 4 atom stereocenters. The Morgan fingerprint density at radius 2 is 2.00 bits per heavy atom. The van der Waals surface area contributed by atoms with Gasteiger partial charge in [-0.1, -0.05) is 17.3 Å². The van der Waals surface area contributed by atoms with E-state index in [9.17, 15) is 4.79 Å². The molecule has 6 rings (SSSR count). The molecule has 2 bridgehead atoms. The fourth-order valence-corrected chi connectivity index (χ4v) is 5.64. The van der Waals surface area contributed by atoms with Crippen LogP contribution < -0.4 is 15.4 Å². The summed E-state index contributed by atoms with van der Waals surface area (Å²) >= 11 is 0. The predicted octanol–water partition coefficient (Wildman–Crippen LogP) is 0.805. The van der Waals surface area contributed by atoms with Crippen LogP contribution in [0.15, 0.2) is 30.5 Å². The van der Waals surface area contributed by atoms with Gasteiger partial charge in [-0.15, -0.1) is 5.10 Å². The number of piperazine rings is 1. The number of aromatic nitrogens is 3. The summed E-state index contributed by atoms with van der Waals surface area (Å²) in [6, 6.07) is 8.53. The van der Waals surface area contributed by atoms with E-state index < -0.39 is 0 Å². The van der Waals surface area contributed by atoms with E-state index in [1.165, 1.54) is 0 Å². The normalized spacial score (nSPS) is 27.6. The molecule has 172 valence electrons. The second-order valence-electron chi connectivity index (χ2n) is 9.16. The summed E-state index contributed by atoms with van der Waals surface area (Å²) in [5.41, 5.74) is 7.59. The molecule has 2 aromatic rings. The number of nitrogens with two attached hydrogens (primary N) is 1. The van der Waals surface area contributed by atoms with Gasteiger partial charge in [-0.3, -0.25) is 14.4 Å². The minimum Gasteiger partial charge on any atom is -0.495 e. The van der Waals surface area contributed by atoms with Crippen molar-refractivity contribution in [2.24, 2.45) is 17.6 Å². The largest absolute Gasteiger partial charge is 0.495 e. The van der Waals surface area contributed by atoms with Gasteiger partial charge in [0.05, 0.1) is 31.0 Å². The second-order valence-corrected chi connectivity index (χ2v) is 9.16. The van der Waals surface area contributed by atoms with Crippen molar-refractivity contribution in [2.45, 2.75) is 32.0 Å². The molecular formula is C23H33N7O2.